The average Bonchev–Trinajstić information content (AvgIpc) is 2.28. The van der Waals surface area contributed by atoms with E-state index in [2.05, 4.69) is 5.32 Å². The molecule has 0 radical (unpaired) electrons. The number of hydrogen-bond donors (Lipinski definition) is 2. The molecule has 0 heterocycles. The Kier molecular flexibility index (Phi) is 5.38. The quantitative estimate of drug-likeness (QED) is 0.441. The lowest BCUT2D eigenvalue weighted by Crippen LogP contribution is -2.09. The first-order chi connectivity index (χ1) is 8.52. The van der Waals surface area contributed by atoms with Crippen molar-refractivity contribution in [3.8, 4) is 5.75 Å². The minimum atomic E-state index is -0.429. The van der Waals surface area contributed by atoms with Crippen LogP contribution in [0.5, 0.6) is 5.75 Å². The maximum absolute atomic E-state index is 10.8. The molecule has 1 aromatic carbocycles. The van der Waals surface area contributed by atoms with Crippen LogP contribution in [0.25, 0.3) is 0 Å². The van der Waals surface area contributed by atoms with E-state index in [9.17, 15) is 10.1 Å². The molecule has 0 atom stereocenters. The van der Waals surface area contributed by atoms with Crippen LogP contribution in [0.15, 0.2) is 18.2 Å². The zero-order chi connectivity index (χ0) is 13.5. The molecule has 6 nitrogen and oxygen atoms in total. The van der Waals surface area contributed by atoms with Crippen molar-refractivity contribution in [1.29, 1.82) is 0 Å². The molecule has 1 aromatic rings. The summed E-state index contributed by atoms with van der Waals surface area (Å²) in [4.78, 5) is 10.4. The van der Waals surface area contributed by atoms with Gasteiger partial charge in [0.25, 0.3) is 5.69 Å². The number of nitro benzene ring substituents is 1. The number of nitrogens with one attached hydrogen (secondary N) is 1. The molecule has 0 bridgehead atoms. The summed E-state index contributed by atoms with van der Waals surface area (Å²) in [5.74, 6) is 0.495. The molecule has 0 amide bonds. The highest BCUT2D eigenvalue weighted by Gasteiger charge is 2.11. The number of nitrogens with two attached hydrogens (primary N) is 1. The number of nitrogens with zero attached hydrogens (tertiary/aromatic N) is 1. The van der Waals surface area contributed by atoms with E-state index >= 15 is 0 Å². The van der Waals surface area contributed by atoms with Gasteiger partial charge in [0.15, 0.2) is 0 Å². The number of ether oxygens (including phenoxy) is 1. The summed E-state index contributed by atoms with van der Waals surface area (Å²) in [5.41, 5.74) is 6.09. The molecule has 0 aliphatic heterocycles. The SMILES string of the molecule is CC(C)Oc1cc(NCCCN)cc([N+](=O)[O-])c1. The lowest BCUT2D eigenvalue weighted by molar-refractivity contribution is -0.384. The van der Waals surface area contributed by atoms with Gasteiger partial charge in [-0.1, -0.05) is 0 Å². The van der Waals surface area contributed by atoms with Crippen molar-refractivity contribution in [2.24, 2.45) is 5.73 Å². The summed E-state index contributed by atoms with van der Waals surface area (Å²) in [5, 5.41) is 13.9. The van der Waals surface area contributed by atoms with Gasteiger partial charge in [-0.05, 0) is 26.8 Å². The van der Waals surface area contributed by atoms with Crippen molar-refractivity contribution in [3.05, 3.63) is 28.3 Å². The van der Waals surface area contributed by atoms with Crippen molar-refractivity contribution >= 4 is 11.4 Å². The number of anilines is 1. The predicted octanol–water partition coefficient (Wildman–Crippen LogP) is 2.14. The van der Waals surface area contributed by atoms with E-state index in [-0.39, 0.29) is 11.8 Å². The third-order valence-electron chi connectivity index (χ3n) is 2.18. The van der Waals surface area contributed by atoms with E-state index in [0.717, 1.165) is 6.42 Å². The van der Waals surface area contributed by atoms with Gasteiger partial charge in [0.2, 0.25) is 0 Å². The molecule has 100 valence electrons. The predicted molar refractivity (Wildman–Crippen MR) is 71.0 cm³/mol. The van der Waals surface area contributed by atoms with Gasteiger partial charge in [-0.3, -0.25) is 10.1 Å². The van der Waals surface area contributed by atoms with Crippen LogP contribution in [0, 0.1) is 10.1 Å². The molecule has 0 saturated carbocycles. The van der Waals surface area contributed by atoms with Gasteiger partial charge < -0.3 is 15.8 Å². The second-order valence-electron chi connectivity index (χ2n) is 4.21. The minimum Gasteiger partial charge on any atom is -0.491 e. The van der Waals surface area contributed by atoms with Crippen LogP contribution >= 0.6 is 0 Å². The molecular weight excluding hydrogens is 234 g/mol. The third kappa shape index (κ3) is 4.58. The van der Waals surface area contributed by atoms with Gasteiger partial charge in [0, 0.05) is 24.4 Å². The van der Waals surface area contributed by atoms with Gasteiger partial charge >= 0.3 is 0 Å². The highest BCUT2D eigenvalue weighted by Crippen LogP contribution is 2.26. The fraction of sp³-hybridized carbons (Fsp3) is 0.500. The molecule has 0 aromatic heterocycles. The second kappa shape index (κ2) is 6.80. The first-order valence-corrected chi connectivity index (χ1v) is 5.93. The molecule has 0 fully saturated rings. The number of hydrogen-bond acceptors (Lipinski definition) is 5. The molecule has 0 aliphatic rings. The fourth-order valence-electron chi connectivity index (χ4n) is 1.47. The normalized spacial score (nSPS) is 10.4. The maximum Gasteiger partial charge on any atom is 0.275 e. The van der Waals surface area contributed by atoms with Crippen molar-refractivity contribution in [2.75, 3.05) is 18.4 Å². The Labute approximate surface area is 106 Å². The fourth-order valence-corrected chi connectivity index (χ4v) is 1.47. The van der Waals surface area contributed by atoms with E-state index < -0.39 is 4.92 Å². The molecule has 0 saturated heterocycles. The zero-order valence-corrected chi connectivity index (χ0v) is 10.7. The smallest absolute Gasteiger partial charge is 0.275 e. The number of non-ortho nitro benzene ring substituents is 1. The van der Waals surface area contributed by atoms with E-state index in [1.54, 1.807) is 6.07 Å². The average molecular weight is 253 g/mol. The van der Waals surface area contributed by atoms with E-state index in [1.807, 2.05) is 13.8 Å². The minimum absolute atomic E-state index is 0.0170. The number of nitro groups is 1. The molecular formula is C12H19N3O3. The third-order valence-corrected chi connectivity index (χ3v) is 2.18. The summed E-state index contributed by atoms with van der Waals surface area (Å²) in [6, 6.07) is 4.67. The van der Waals surface area contributed by atoms with Crippen LogP contribution in [0.3, 0.4) is 0 Å². The van der Waals surface area contributed by atoms with Gasteiger partial charge in [-0.2, -0.15) is 0 Å². The first-order valence-electron chi connectivity index (χ1n) is 5.93. The molecule has 1 rings (SSSR count). The topological polar surface area (TPSA) is 90.4 Å². The largest absolute Gasteiger partial charge is 0.491 e. The summed E-state index contributed by atoms with van der Waals surface area (Å²) in [6.07, 6.45) is 0.784. The Morgan fingerprint density at radius 1 is 1.44 bits per heavy atom. The molecule has 3 N–H and O–H groups in total. The van der Waals surface area contributed by atoms with Gasteiger partial charge in [-0.25, -0.2) is 0 Å². The Morgan fingerprint density at radius 2 is 2.17 bits per heavy atom. The van der Waals surface area contributed by atoms with E-state index in [4.69, 9.17) is 10.5 Å². The van der Waals surface area contributed by atoms with Crippen molar-refractivity contribution in [1.82, 2.24) is 0 Å². The number of rotatable bonds is 7. The van der Waals surface area contributed by atoms with Crippen LogP contribution in [0.2, 0.25) is 0 Å². The Bertz CT molecular complexity index is 408. The van der Waals surface area contributed by atoms with Crippen LogP contribution in [-0.2, 0) is 0 Å². The lowest BCUT2D eigenvalue weighted by atomic mass is 10.2. The zero-order valence-electron chi connectivity index (χ0n) is 10.7. The Morgan fingerprint density at radius 3 is 2.72 bits per heavy atom. The second-order valence-corrected chi connectivity index (χ2v) is 4.21. The summed E-state index contributed by atoms with van der Waals surface area (Å²) < 4.78 is 5.48. The van der Waals surface area contributed by atoms with Gasteiger partial charge in [0.05, 0.1) is 17.1 Å². The van der Waals surface area contributed by atoms with Crippen molar-refractivity contribution < 1.29 is 9.66 Å². The number of benzene rings is 1. The van der Waals surface area contributed by atoms with Crippen LogP contribution in [0.4, 0.5) is 11.4 Å². The van der Waals surface area contributed by atoms with Crippen LogP contribution < -0.4 is 15.8 Å². The van der Waals surface area contributed by atoms with Crippen molar-refractivity contribution in [2.45, 2.75) is 26.4 Å². The Balaban J connectivity index is 2.87. The van der Waals surface area contributed by atoms with Crippen LogP contribution in [0.1, 0.15) is 20.3 Å². The monoisotopic (exact) mass is 253 g/mol. The lowest BCUT2D eigenvalue weighted by Gasteiger charge is -2.12. The van der Waals surface area contributed by atoms with Gasteiger partial charge in [0.1, 0.15) is 5.75 Å². The first kappa shape index (κ1) is 14.2. The van der Waals surface area contributed by atoms with E-state index in [1.165, 1.54) is 12.1 Å². The van der Waals surface area contributed by atoms with Gasteiger partial charge in [-0.15, -0.1) is 0 Å². The van der Waals surface area contributed by atoms with E-state index in [0.29, 0.717) is 24.5 Å². The summed E-state index contributed by atoms with van der Waals surface area (Å²) in [6.45, 7) is 5.01. The maximum atomic E-state index is 10.8. The standard InChI is InChI=1S/C12H19N3O3/c1-9(2)18-12-7-10(14-5-3-4-13)6-11(8-12)15(16)17/h6-9,14H,3-5,13H2,1-2H3. The summed E-state index contributed by atoms with van der Waals surface area (Å²) >= 11 is 0. The molecule has 6 heteroatoms. The highest BCUT2D eigenvalue weighted by molar-refractivity contribution is 5.56. The van der Waals surface area contributed by atoms with Crippen LogP contribution in [-0.4, -0.2) is 24.1 Å². The Hall–Kier alpha value is -1.82. The highest BCUT2D eigenvalue weighted by atomic mass is 16.6. The summed E-state index contributed by atoms with van der Waals surface area (Å²) in [7, 11) is 0. The molecule has 0 unspecified atom stereocenters. The van der Waals surface area contributed by atoms with Crippen molar-refractivity contribution in [3.63, 3.8) is 0 Å². The molecule has 18 heavy (non-hydrogen) atoms. The molecule has 0 aliphatic carbocycles. The molecule has 0 spiro atoms.